The summed E-state index contributed by atoms with van der Waals surface area (Å²) in [5.41, 5.74) is 0. The van der Waals surface area contributed by atoms with E-state index in [1.165, 1.54) is 0 Å². The molecule has 0 aromatic carbocycles. The van der Waals surface area contributed by atoms with Gasteiger partial charge in [-0.1, -0.05) is 0 Å². The summed E-state index contributed by atoms with van der Waals surface area (Å²) in [7, 11) is 0. The molecule has 0 amide bonds. The Balaban J connectivity index is 1.95. The molecule has 0 spiro atoms. The molecule has 0 N–H and O–H groups in total. The highest BCUT2D eigenvalue weighted by Crippen LogP contribution is 2.49. The van der Waals surface area contributed by atoms with E-state index < -0.39 is 0 Å². The van der Waals surface area contributed by atoms with Gasteiger partial charge in [-0.3, -0.25) is 0 Å². The monoisotopic (exact) mass is 192 g/mol. The zero-order valence-electron chi connectivity index (χ0n) is 7.85. The van der Waals surface area contributed by atoms with E-state index in [0.29, 0.717) is 24.3 Å². The van der Waals surface area contributed by atoms with Crippen LogP contribution in [0.1, 0.15) is 19.3 Å². The number of aliphatic imine (C=N–C) groups is 2. The minimum absolute atomic E-state index is 0.189. The predicted octanol–water partition coefficient (Wildman–Crippen LogP) is 1.07. The number of nitrogens with zero attached hydrogens (tertiary/aromatic N) is 2. The third kappa shape index (κ3) is 1.54. The lowest BCUT2D eigenvalue weighted by Crippen LogP contribution is -2.22. The highest BCUT2D eigenvalue weighted by molar-refractivity contribution is 5.34. The van der Waals surface area contributed by atoms with Crippen molar-refractivity contribution in [2.24, 2.45) is 27.7 Å². The molecular weight excluding hydrogens is 180 g/mol. The van der Waals surface area contributed by atoms with Crippen LogP contribution in [0.4, 0.5) is 0 Å². The lowest BCUT2D eigenvalue weighted by Gasteiger charge is -2.22. The summed E-state index contributed by atoms with van der Waals surface area (Å²) in [5.74, 6) is 1.63. The van der Waals surface area contributed by atoms with Crippen molar-refractivity contribution in [3.05, 3.63) is 0 Å². The van der Waals surface area contributed by atoms with Crippen molar-refractivity contribution in [3.63, 3.8) is 0 Å². The first-order chi connectivity index (χ1) is 6.85. The van der Waals surface area contributed by atoms with Crippen LogP contribution in [-0.2, 0) is 9.59 Å². The molecule has 2 bridgehead atoms. The second kappa shape index (κ2) is 3.87. The van der Waals surface area contributed by atoms with E-state index >= 15 is 0 Å². The minimum atomic E-state index is 0.189. The molecule has 0 aromatic rings. The molecule has 2 rings (SSSR count). The molecule has 2 fully saturated rings. The van der Waals surface area contributed by atoms with Crippen molar-refractivity contribution in [2.45, 2.75) is 25.3 Å². The summed E-state index contributed by atoms with van der Waals surface area (Å²) in [5, 5.41) is 0. The molecule has 4 heteroatoms. The van der Waals surface area contributed by atoms with E-state index in [0.717, 1.165) is 19.3 Å². The number of hydrogen-bond donors (Lipinski definition) is 0. The van der Waals surface area contributed by atoms with Crippen molar-refractivity contribution in [1.29, 1.82) is 0 Å². The summed E-state index contributed by atoms with van der Waals surface area (Å²) < 4.78 is 0. The molecule has 0 aromatic heterocycles. The van der Waals surface area contributed by atoms with Crippen LogP contribution in [0.2, 0.25) is 0 Å². The topological polar surface area (TPSA) is 58.9 Å². The molecule has 2 aliphatic rings. The Morgan fingerprint density at radius 3 is 2.50 bits per heavy atom. The van der Waals surface area contributed by atoms with Crippen molar-refractivity contribution < 1.29 is 9.59 Å². The molecule has 2 aliphatic carbocycles. The molecule has 4 unspecified atom stereocenters. The van der Waals surface area contributed by atoms with Gasteiger partial charge in [0.15, 0.2) is 0 Å². The highest BCUT2D eigenvalue weighted by Gasteiger charge is 2.45. The molecule has 74 valence electrons. The molecule has 14 heavy (non-hydrogen) atoms. The number of carbonyl (C=O) groups excluding carboxylic acids is 2. The highest BCUT2D eigenvalue weighted by atomic mass is 16.1. The number of fused-ring (bicyclic) bond motifs is 2. The Morgan fingerprint density at radius 2 is 1.93 bits per heavy atom. The first kappa shape index (κ1) is 9.32. The zero-order valence-corrected chi connectivity index (χ0v) is 7.85. The molecule has 2 saturated carbocycles. The fourth-order valence-corrected chi connectivity index (χ4v) is 2.97. The number of isocyanates is 2. The fraction of sp³-hybridized carbons (Fsp3) is 0.800. The Bertz CT molecular complexity index is 316. The third-order valence-corrected chi connectivity index (χ3v) is 3.57. The van der Waals surface area contributed by atoms with Crippen LogP contribution in [0, 0.1) is 17.8 Å². The van der Waals surface area contributed by atoms with Gasteiger partial charge in [-0.05, 0) is 37.0 Å². The molecule has 4 nitrogen and oxygen atoms in total. The fourth-order valence-electron chi connectivity index (χ4n) is 2.97. The summed E-state index contributed by atoms with van der Waals surface area (Å²) in [6.45, 7) is 0.599. The van der Waals surface area contributed by atoms with Gasteiger partial charge in [0.05, 0.1) is 12.6 Å². The molecule has 0 radical (unpaired) electrons. The maximum Gasteiger partial charge on any atom is 0.235 e. The molecule has 0 saturated heterocycles. The third-order valence-electron chi connectivity index (χ3n) is 3.57. The van der Waals surface area contributed by atoms with Crippen molar-refractivity contribution in [2.75, 3.05) is 6.54 Å². The van der Waals surface area contributed by atoms with Crippen molar-refractivity contribution in [3.8, 4) is 0 Å². The smallest absolute Gasteiger partial charge is 0.211 e. The van der Waals surface area contributed by atoms with Crippen LogP contribution in [0.15, 0.2) is 9.98 Å². The summed E-state index contributed by atoms with van der Waals surface area (Å²) >= 11 is 0. The maximum absolute atomic E-state index is 10.1. The van der Waals surface area contributed by atoms with Gasteiger partial charge in [0.25, 0.3) is 0 Å². The van der Waals surface area contributed by atoms with Crippen LogP contribution in [-0.4, -0.2) is 24.7 Å². The summed E-state index contributed by atoms with van der Waals surface area (Å²) in [4.78, 5) is 27.5. The number of rotatable bonds is 3. The van der Waals surface area contributed by atoms with Gasteiger partial charge in [0.2, 0.25) is 12.2 Å². The largest absolute Gasteiger partial charge is 0.235 e. The lowest BCUT2D eigenvalue weighted by molar-refractivity contribution is 0.313. The average Bonchev–Trinajstić information content (AvgIpc) is 2.74. The van der Waals surface area contributed by atoms with Gasteiger partial charge in [-0.2, -0.15) is 0 Å². The lowest BCUT2D eigenvalue weighted by atomic mass is 9.86. The Morgan fingerprint density at radius 1 is 1.07 bits per heavy atom. The average molecular weight is 192 g/mol. The molecule has 4 atom stereocenters. The van der Waals surface area contributed by atoms with Gasteiger partial charge in [0.1, 0.15) is 0 Å². The van der Waals surface area contributed by atoms with Crippen LogP contribution in [0.3, 0.4) is 0 Å². The van der Waals surface area contributed by atoms with E-state index in [1.807, 2.05) is 0 Å². The maximum atomic E-state index is 10.1. The van der Waals surface area contributed by atoms with Gasteiger partial charge >= 0.3 is 0 Å². The summed E-state index contributed by atoms with van der Waals surface area (Å²) in [6, 6.07) is 0.189. The Hall–Kier alpha value is -1.24. The van der Waals surface area contributed by atoms with E-state index in [4.69, 9.17) is 0 Å². The molecule has 0 aliphatic heterocycles. The quantitative estimate of drug-likeness (QED) is 0.496. The van der Waals surface area contributed by atoms with Crippen LogP contribution in [0.25, 0.3) is 0 Å². The molecule has 0 heterocycles. The van der Waals surface area contributed by atoms with E-state index in [1.54, 1.807) is 12.2 Å². The van der Waals surface area contributed by atoms with Crippen LogP contribution >= 0.6 is 0 Å². The van der Waals surface area contributed by atoms with Crippen molar-refractivity contribution >= 4 is 12.2 Å². The Kier molecular flexibility index (Phi) is 2.58. The Labute approximate surface area is 82.1 Å². The van der Waals surface area contributed by atoms with E-state index in [9.17, 15) is 9.59 Å². The first-order valence-corrected chi connectivity index (χ1v) is 4.95. The predicted molar refractivity (Wildman–Crippen MR) is 49.2 cm³/mol. The normalized spacial score (nSPS) is 38.9. The van der Waals surface area contributed by atoms with E-state index in [-0.39, 0.29) is 6.04 Å². The number of hydrogen-bond acceptors (Lipinski definition) is 4. The second-order valence-electron chi connectivity index (χ2n) is 4.21. The van der Waals surface area contributed by atoms with Gasteiger partial charge in [-0.25, -0.2) is 19.6 Å². The van der Waals surface area contributed by atoms with Crippen LogP contribution < -0.4 is 0 Å². The zero-order chi connectivity index (χ0) is 9.97. The van der Waals surface area contributed by atoms with Crippen molar-refractivity contribution in [1.82, 2.24) is 0 Å². The SMILES string of the molecule is O=C=NCC1CC2CC1CC2N=C=O. The van der Waals surface area contributed by atoms with Gasteiger partial charge < -0.3 is 0 Å². The molecular formula is C10H12N2O2. The summed E-state index contributed by atoms with van der Waals surface area (Å²) in [6.07, 6.45) is 6.37. The second-order valence-corrected chi connectivity index (χ2v) is 4.21. The van der Waals surface area contributed by atoms with Gasteiger partial charge in [-0.15, -0.1) is 0 Å². The van der Waals surface area contributed by atoms with Gasteiger partial charge in [0, 0.05) is 0 Å². The van der Waals surface area contributed by atoms with Crippen LogP contribution in [0.5, 0.6) is 0 Å². The first-order valence-electron chi connectivity index (χ1n) is 4.95. The standard InChI is InChI=1S/C10H12N2O2/c13-5-11-4-9-2-8-1-7(9)3-10(8)12-6-14/h7-10H,1-4H2. The van der Waals surface area contributed by atoms with E-state index in [2.05, 4.69) is 9.98 Å². The minimum Gasteiger partial charge on any atom is -0.211 e.